The van der Waals surface area contributed by atoms with Gasteiger partial charge in [0.15, 0.2) is 17.6 Å². The van der Waals surface area contributed by atoms with E-state index in [4.69, 9.17) is 16.3 Å². The van der Waals surface area contributed by atoms with Crippen LogP contribution in [0.2, 0.25) is 5.02 Å². The Morgan fingerprint density at radius 2 is 2.04 bits per heavy atom. The minimum absolute atomic E-state index is 0.199. The highest BCUT2D eigenvalue weighted by Crippen LogP contribution is 2.21. The second kappa shape index (κ2) is 7.02. The molecule has 0 fully saturated rings. The maximum Gasteiger partial charge on any atom is 0.277 e. The van der Waals surface area contributed by atoms with Crippen molar-refractivity contribution < 1.29 is 9.53 Å². The third-order valence-electron chi connectivity index (χ3n) is 3.30. The summed E-state index contributed by atoms with van der Waals surface area (Å²) in [6.07, 6.45) is 1.68. The van der Waals surface area contributed by atoms with E-state index in [-0.39, 0.29) is 12.6 Å². The van der Waals surface area contributed by atoms with Gasteiger partial charge in [-0.3, -0.25) is 10.1 Å². The highest BCUT2D eigenvalue weighted by Gasteiger charge is 2.13. The van der Waals surface area contributed by atoms with Crippen molar-refractivity contribution in [3.05, 3.63) is 57.8 Å². The zero-order valence-electron chi connectivity index (χ0n) is 13.1. The Balaban J connectivity index is 1.60. The van der Waals surface area contributed by atoms with E-state index in [1.54, 1.807) is 41.2 Å². The number of ether oxygens (including phenoxy) is 1. The van der Waals surface area contributed by atoms with E-state index < -0.39 is 0 Å². The zero-order valence-corrected chi connectivity index (χ0v) is 14.7. The van der Waals surface area contributed by atoms with Gasteiger partial charge < -0.3 is 4.74 Å². The molecule has 0 radical (unpaired) electrons. The van der Waals surface area contributed by atoms with Crippen molar-refractivity contribution >= 4 is 34.0 Å². The summed E-state index contributed by atoms with van der Waals surface area (Å²) in [7, 11) is 0. The van der Waals surface area contributed by atoms with Crippen LogP contribution in [0.4, 0.5) is 5.13 Å². The molecule has 0 aliphatic heterocycles. The second-order valence-corrected chi connectivity index (χ2v) is 6.72. The lowest BCUT2D eigenvalue weighted by molar-refractivity contribution is 0.102. The van der Waals surface area contributed by atoms with Crippen LogP contribution < -0.4 is 10.1 Å². The van der Waals surface area contributed by atoms with E-state index in [1.165, 1.54) is 11.3 Å². The number of anilines is 1. The summed E-state index contributed by atoms with van der Waals surface area (Å²) in [6.45, 7) is 4.07. The number of nitrogens with zero attached hydrogens (tertiary/aromatic N) is 3. The first kappa shape index (κ1) is 16.5. The van der Waals surface area contributed by atoms with Crippen molar-refractivity contribution in [2.45, 2.75) is 20.6 Å². The van der Waals surface area contributed by atoms with Gasteiger partial charge in [-0.2, -0.15) is 5.10 Å². The molecule has 24 heavy (non-hydrogen) atoms. The molecule has 1 amide bonds. The monoisotopic (exact) mass is 362 g/mol. The molecule has 8 heteroatoms. The number of nitrogens with one attached hydrogen (secondary N) is 1. The molecular weight excluding hydrogens is 348 g/mol. The fraction of sp³-hybridized carbons (Fsp3) is 0.188. The van der Waals surface area contributed by atoms with Gasteiger partial charge in [0.1, 0.15) is 5.75 Å². The molecule has 0 saturated carbocycles. The molecule has 0 aliphatic rings. The Morgan fingerprint density at radius 3 is 2.71 bits per heavy atom. The van der Waals surface area contributed by atoms with Gasteiger partial charge in [0.25, 0.3) is 5.91 Å². The largest absolute Gasteiger partial charge is 0.471 e. The lowest BCUT2D eigenvalue weighted by Crippen LogP contribution is -2.14. The lowest BCUT2D eigenvalue weighted by atomic mass is 10.3. The Morgan fingerprint density at radius 1 is 1.29 bits per heavy atom. The van der Waals surface area contributed by atoms with Crippen molar-refractivity contribution in [3.8, 4) is 5.75 Å². The normalized spacial score (nSPS) is 10.6. The number of benzene rings is 1. The van der Waals surface area contributed by atoms with E-state index in [9.17, 15) is 4.79 Å². The Labute approximate surface area is 148 Å². The topological polar surface area (TPSA) is 69.0 Å². The SMILES string of the molecule is Cc1nc(NC(=O)c2ccn(COc3ccc(Cl)cc3)n2)sc1C. The fourth-order valence-corrected chi connectivity index (χ4v) is 2.85. The molecule has 6 nitrogen and oxygen atoms in total. The summed E-state index contributed by atoms with van der Waals surface area (Å²) in [5, 5.41) is 8.17. The fourth-order valence-electron chi connectivity index (χ4n) is 1.91. The molecule has 0 atom stereocenters. The first-order chi connectivity index (χ1) is 11.5. The van der Waals surface area contributed by atoms with Gasteiger partial charge in [-0.05, 0) is 44.2 Å². The van der Waals surface area contributed by atoms with Crippen LogP contribution in [-0.4, -0.2) is 20.7 Å². The molecule has 2 heterocycles. The Bertz CT molecular complexity index is 838. The molecule has 0 bridgehead atoms. The number of hydrogen-bond donors (Lipinski definition) is 1. The summed E-state index contributed by atoms with van der Waals surface area (Å²) in [4.78, 5) is 17.5. The third kappa shape index (κ3) is 3.93. The van der Waals surface area contributed by atoms with Gasteiger partial charge in [0.2, 0.25) is 0 Å². The van der Waals surface area contributed by atoms with Crippen LogP contribution in [0, 0.1) is 13.8 Å². The van der Waals surface area contributed by atoms with Gasteiger partial charge >= 0.3 is 0 Å². The van der Waals surface area contributed by atoms with Crippen molar-refractivity contribution in [3.63, 3.8) is 0 Å². The van der Waals surface area contributed by atoms with E-state index in [2.05, 4.69) is 15.4 Å². The molecule has 124 valence electrons. The van der Waals surface area contributed by atoms with Crippen LogP contribution in [0.1, 0.15) is 21.1 Å². The predicted molar refractivity (Wildman–Crippen MR) is 93.8 cm³/mol. The number of halogens is 1. The third-order valence-corrected chi connectivity index (χ3v) is 4.54. The van der Waals surface area contributed by atoms with Gasteiger partial charge in [0.05, 0.1) is 5.69 Å². The van der Waals surface area contributed by atoms with Crippen LogP contribution in [-0.2, 0) is 6.73 Å². The summed E-state index contributed by atoms with van der Waals surface area (Å²) in [6, 6.07) is 8.67. The molecule has 0 spiro atoms. The van der Waals surface area contributed by atoms with Gasteiger partial charge in [0, 0.05) is 16.1 Å². The number of thiazole rings is 1. The zero-order chi connectivity index (χ0) is 17.1. The molecule has 0 unspecified atom stereocenters. The number of amides is 1. The molecule has 0 saturated heterocycles. The summed E-state index contributed by atoms with van der Waals surface area (Å²) in [5.41, 5.74) is 1.22. The van der Waals surface area contributed by atoms with Crippen molar-refractivity contribution in [2.24, 2.45) is 0 Å². The average Bonchev–Trinajstić information content (AvgIpc) is 3.14. The quantitative estimate of drug-likeness (QED) is 0.747. The molecule has 1 aromatic carbocycles. The first-order valence-electron chi connectivity index (χ1n) is 7.18. The minimum Gasteiger partial charge on any atom is -0.471 e. The van der Waals surface area contributed by atoms with Gasteiger partial charge in [-0.25, -0.2) is 9.67 Å². The molecule has 0 aliphatic carbocycles. The predicted octanol–water partition coefficient (Wildman–Crippen LogP) is 3.90. The van der Waals surface area contributed by atoms with Crippen LogP contribution >= 0.6 is 22.9 Å². The number of aromatic nitrogens is 3. The van der Waals surface area contributed by atoms with E-state index in [0.29, 0.717) is 21.6 Å². The maximum absolute atomic E-state index is 12.2. The number of hydrogen-bond acceptors (Lipinski definition) is 5. The van der Waals surface area contributed by atoms with Crippen LogP contribution in [0.3, 0.4) is 0 Å². The van der Waals surface area contributed by atoms with Crippen LogP contribution in [0.15, 0.2) is 36.5 Å². The van der Waals surface area contributed by atoms with Gasteiger partial charge in [-0.15, -0.1) is 11.3 Å². The second-order valence-electron chi connectivity index (χ2n) is 5.08. The highest BCUT2D eigenvalue weighted by atomic mass is 35.5. The number of aryl methyl sites for hydroxylation is 2. The maximum atomic E-state index is 12.2. The number of rotatable bonds is 5. The molecule has 2 aromatic heterocycles. The number of carbonyl (C=O) groups excluding carboxylic acids is 1. The number of carbonyl (C=O) groups is 1. The standard InChI is InChI=1S/C16H15ClN4O2S/c1-10-11(2)24-16(18-10)19-15(22)14-7-8-21(20-14)9-23-13-5-3-12(17)4-6-13/h3-8H,9H2,1-2H3,(H,18,19,22). The molecule has 3 rings (SSSR count). The van der Waals surface area contributed by atoms with E-state index in [1.807, 2.05) is 13.8 Å². The van der Waals surface area contributed by atoms with E-state index in [0.717, 1.165) is 10.6 Å². The smallest absolute Gasteiger partial charge is 0.277 e. The summed E-state index contributed by atoms with van der Waals surface area (Å²) < 4.78 is 7.12. The van der Waals surface area contributed by atoms with Crippen molar-refractivity contribution in [1.29, 1.82) is 0 Å². The van der Waals surface area contributed by atoms with Crippen LogP contribution in [0.5, 0.6) is 5.75 Å². The first-order valence-corrected chi connectivity index (χ1v) is 8.38. The molecule has 1 N–H and O–H groups in total. The van der Waals surface area contributed by atoms with Crippen molar-refractivity contribution in [2.75, 3.05) is 5.32 Å². The lowest BCUT2D eigenvalue weighted by Gasteiger charge is -2.05. The van der Waals surface area contributed by atoms with Crippen molar-refractivity contribution in [1.82, 2.24) is 14.8 Å². The van der Waals surface area contributed by atoms with E-state index >= 15 is 0 Å². The highest BCUT2D eigenvalue weighted by molar-refractivity contribution is 7.15. The Kier molecular flexibility index (Phi) is 4.82. The average molecular weight is 363 g/mol. The van der Waals surface area contributed by atoms with Gasteiger partial charge in [-0.1, -0.05) is 11.6 Å². The summed E-state index contributed by atoms with van der Waals surface area (Å²) >= 11 is 7.26. The molecular formula is C16H15ClN4O2S. The minimum atomic E-state index is -0.297. The Hall–Kier alpha value is -2.38. The van der Waals surface area contributed by atoms with Crippen LogP contribution in [0.25, 0.3) is 0 Å². The molecule has 3 aromatic rings. The summed E-state index contributed by atoms with van der Waals surface area (Å²) in [5.74, 6) is 0.378.